The number of hydrogen-bond acceptors (Lipinski definition) is 4. The molecule has 0 saturated carbocycles. The van der Waals surface area contributed by atoms with Crippen molar-refractivity contribution in [3.8, 4) is 0 Å². The van der Waals surface area contributed by atoms with E-state index in [1.165, 1.54) is 0 Å². The smallest absolute Gasteiger partial charge is 0.339 e. The fraction of sp³-hybridized carbons (Fsp3) is 0.500. The maximum absolute atomic E-state index is 13.1. The van der Waals surface area contributed by atoms with Crippen LogP contribution in [-0.2, 0) is 15.9 Å². The molecule has 0 saturated heterocycles. The van der Waals surface area contributed by atoms with Gasteiger partial charge >= 0.3 is 11.9 Å². The molecule has 0 heterocycles. The van der Waals surface area contributed by atoms with Crippen LogP contribution in [0.4, 0.5) is 0 Å². The van der Waals surface area contributed by atoms with Crippen molar-refractivity contribution < 1.29 is 19.1 Å². The summed E-state index contributed by atoms with van der Waals surface area (Å²) in [4.78, 5) is 25.6. The van der Waals surface area contributed by atoms with Crippen molar-refractivity contribution in [3.63, 3.8) is 0 Å². The van der Waals surface area contributed by atoms with Crippen molar-refractivity contribution in [1.82, 2.24) is 0 Å². The van der Waals surface area contributed by atoms with Gasteiger partial charge in [0.1, 0.15) is 11.2 Å². The van der Waals surface area contributed by atoms with Crippen molar-refractivity contribution in [2.24, 2.45) is 0 Å². The Kier molecular flexibility index (Phi) is 7.92. The van der Waals surface area contributed by atoms with Gasteiger partial charge in [-0.3, -0.25) is 0 Å². The molecule has 2 rings (SSSR count). The summed E-state index contributed by atoms with van der Waals surface area (Å²) in [5.41, 5.74) is 3.06. The first-order valence-corrected chi connectivity index (χ1v) is 11.4. The largest absolute Gasteiger partial charge is 0.456 e. The normalized spacial score (nSPS) is 13.1. The molecule has 0 N–H and O–H groups in total. The van der Waals surface area contributed by atoms with Gasteiger partial charge in [-0.25, -0.2) is 9.59 Å². The Hall–Kier alpha value is -2.62. The van der Waals surface area contributed by atoms with E-state index in [0.717, 1.165) is 16.7 Å². The zero-order chi connectivity index (χ0) is 24.3. The van der Waals surface area contributed by atoms with Crippen LogP contribution in [0.1, 0.15) is 112 Å². The summed E-state index contributed by atoms with van der Waals surface area (Å²) in [7, 11) is 0. The quantitative estimate of drug-likeness (QED) is 0.453. The van der Waals surface area contributed by atoms with Crippen molar-refractivity contribution >= 4 is 11.9 Å². The molecule has 0 bridgehead atoms. The summed E-state index contributed by atoms with van der Waals surface area (Å²) in [6, 6.07) is 13.6. The molecule has 174 valence electrons. The molecule has 0 aliphatic carbocycles. The number of rotatable bonds is 6. The molecule has 2 aromatic carbocycles. The molecule has 1 unspecified atom stereocenters. The van der Waals surface area contributed by atoms with Crippen LogP contribution in [-0.4, -0.2) is 23.1 Å². The van der Waals surface area contributed by atoms with Crippen LogP contribution >= 0.6 is 0 Å². The van der Waals surface area contributed by atoms with E-state index < -0.39 is 11.2 Å². The van der Waals surface area contributed by atoms with Gasteiger partial charge in [-0.1, -0.05) is 51.1 Å². The Balaban J connectivity index is 2.37. The summed E-state index contributed by atoms with van der Waals surface area (Å²) in [6.07, 6.45) is 0.660. The van der Waals surface area contributed by atoms with E-state index in [1.54, 1.807) is 6.07 Å². The third-order valence-corrected chi connectivity index (χ3v) is 5.02. The Bertz CT molecular complexity index is 958. The molecule has 0 radical (unpaired) electrons. The average Bonchev–Trinajstić information content (AvgIpc) is 2.65. The molecule has 0 aliphatic heterocycles. The van der Waals surface area contributed by atoms with Gasteiger partial charge in [-0.15, -0.1) is 0 Å². The number of carbonyl (C=O) groups excluding carboxylic acids is 2. The van der Waals surface area contributed by atoms with Gasteiger partial charge in [-0.2, -0.15) is 0 Å². The van der Waals surface area contributed by atoms with Crippen LogP contribution in [0.2, 0.25) is 0 Å². The summed E-state index contributed by atoms with van der Waals surface area (Å²) in [5.74, 6) is -0.321. The number of hydrogen-bond donors (Lipinski definition) is 0. The maximum atomic E-state index is 13.1. The molecule has 1 atom stereocenters. The molecular weight excluding hydrogens is 400 g/mol. The lowest BCUT2D eigenvalue weighted by molar-refractivity contribution is 0.00556. The second-order valence-corrected chi connectivity index (χ2v) is 10.8. The van der Waals surface area contributed by atoms with Crippen LogP contribution in [0.25, 0.3) is 0 Å². The molecule has 4 nitrogen and oxygen atoms in total. The van der Waals surface area contributed by atoms with Crippen LogP contribution < -0.4 is 0 Å². The molecular formula is C28H38O4. The van der Waals surface area contributed by atoms with Crippen LogP contribution in [0.5, 0.6) is 0 Å². The van der Waals surface area contributed by atoms with E-state index in [1.807, 2.05) is 77.9 Å². The second-order valence-electron chi connectivity index (χ2n) is 10.8. The molecule has 0 fully saturated rings. The Morgan fingerprint density at radius 3 is 1.94 bits per heavy atom. The van der Waals surface area contributed by atoms with Crippen molar-refractivity contribution in [3.05, 3.63) is 70.3 Å². The highest BCUT2D eigenvalue weighted by Gasteiger charge is 2.25. The second kappa shape index (κ2) is 9.89. The Morgan fingerprint density at radius 1 is 0.812 bits per heavy atom. The predicted octanol–water partition coefficient (Wildman–Crippen LogP) is 7.07. The van der Waals surface area contributed by atoms with Gasteiger partial charge in [0, 0.05) is 0 Å². The number of benzene rings is 2. The zero-order valence-electron chi connectivity index (χ0n) is 21.0. The minimum Gasteiger partial charge on any atom is -0.456 e. The Labute approximate surface area is 193 Å². The zero-order valence-corrected chi connectivity index (χ0v) is 21.0. The SMILES string of the molecule is CC(C)c1cccc(CC(C)c2cccc(C(=O)OC(C)(C)C)c2)c1C(=O)OC(C)(C)C. The Morgan fingerprint density at radius 2 is 1.38 bits per heavy atom. The lowest BCUT2D eigenvalue weighted by Gasteiger charge is -2.24. The van der Waals surface area contributed by atoms with Gasteiger partial charge < -0.3 is 9.47 Å². The number of ether oxygens (including phenoxy) is 2. The van der Waals surface area contributed by atoms with Gasteiger partial charge in [0.15, 0.2) is 0 Å². The molecule has 0 amide bonds. The van der Waals surface area contributed by atoms with E-state index in [2.05, 4.69) is 20.8 Å². The van der Waals surface area contributed by atoms with E-state index in [-0.39, 0.29) is 23.8 Å². The highest BCUT2D eigenvalue weighted by molar-refractivity contribution is 5.93. The molecule has 32 heavy (non-hydrogen) atoms. The topological polar surface area (TPSA) is 52.6 Å². The minimum atomic E-state index is -0.564. The predicted molar refractivity (Wildman–Crippen MR) is 129 cm³/mol. The number of esters is 2. The third kappa shape index (κ3) is 7.22. The first kappa shape index (κ1) is 25.6. The van der Waals surface area contributed by atoms with Gasteiger partial charge in [0.25, 0.3) is 0 Å². The van der Waals surface area contributed by atoms with Gasteiger partial charge in [0.05, 0.1) is 11.1 Å². The molecule has 2 aromatic rings. The van der Waals surface area contributed by atoms with Crippen molar-refractivity contribution in [1.29, 1.82) is 0 Å². The summed E-state index contributed by atoms with van der Waals surface area (Å²) >= 11 is 0. The number of carbonyl (C=O) groups is 2. The average molecular weight is 439 g/mol. The summed E-state index contributed by atoms with van der Waals surface area (Å²) in [5, 5.41) is 0. The van der Waals surface area contributed by atoms with Crippen molar-refractivity contribution in [2.45, 2.75) is 91.8 Å². The van der Waals surface area contributed by atoms with Crippen molar-refractivity contribution in [2.75, 3.05) is 0 Å². The lowest BCUT2D eigenvalue weighted by atomic mass is 9.86. The van der Waals surface area contributed by atoms with Gasteiger partial charge in [-0.05, 0) is 88.6 Å². The lowest BCUT2D eigenvalue weighted by Crippen LogP contribution is -2.26. The molecule has 4 heteroatoms. The van der Waals surface area contributed by atoms with E-state index >= 15 is 0 Å². The summed E-state index contributed by atoms with van der Waals surface area (Å²) < 4.78 is 11.3. The van der Waals surface area contributed by atoms with E-state index in [9.17, 15) is 9.59 Å². The maximum Gasteiger partial charge on any atom is 0.339 e. The molecule has 0 aliphatic rings. The standard InChI is InChI=1S/C28H38O4/c1-18(2)23-15-11-13-21(24(23)26(30)32-28(7,8)9)16-19(3)20-12-10-14-22(17-20)25(29)31-27(4,5)6/h10-15,17-19H,16H2,1-9H3. The molecule has 0 spiro atoms. The highest BCUT2D eigenvalue weighted by Crippen LogP contribution is 2.30. The van der Waals surface area contributed by atoms with Crippen LogP contribution in [0.15, 0.2) is 42.5 Å². The minimum absolute atomic E-state index is 0.0981. The summed E-state index contributed by atoms with van der Waals surface area (Å²) in [6.45, 7) is 17.5. The third-order valence-electron chi connectivity index (χ3n) is 5.02. The molecule has 0 aromatic heterocycles. The highest BCUT2D eigenvalue weighted by atomic mass is 16.6. The van der Waals surface area contributed by atoms with Gasteiger partial charge in [0.2, 0.25) is 0 Å². The van der Waals surface area contributed by atoms with Crippen LogP contribution in [0.3, 0.4) is 0 Å². The van der Waals surface area contributed by atoms with Crippen LogP contribution in [0, 0.1) is 0 Å². The first-order chi connectivity index (χ1) is 14.7. The fourth-order valence-electron chi connectivity index (χ4n) is 3.61. The van der Waals surface area contributed by atoms with E-state index in [4.69, 9.17) is 9.47 Å². The van der Waals surface area contributed by atoms with E-state index in [0.29, 0.717) is 17.5 Å². The first-order valence-electron chi connectivity index (χ1n) is 11.4. The fourth-order valence-corrected chi connectivity index (χ4v) is 3.61. The monoisotopic (exact) mass is 438 g/mol.